The number of hydrogen-bond donors (Lipinski definition) is 1. The van der Waals surface area contributed by atoms with Gasteiger partial charge in [-0.15, -0.1) is 0 Å². The average molecular weight is 418 g/mol. The minimum absolute atomic E-state index is 0.103. The van der Waals surface area contributed by atoms with Gasteiger partial charge in [-0.2, -0.15) is 10.5 Å². The van der Waals surface area contributed by atoms with Crippen molar-refractivity contribution in [2.45, 2.75) is 25.9 Å². The molecule has 1 aliphatic heterocycles. The maximum atomic E-state index is 12.2. The van der Waals surface area contributed by atoms with Gasteiger partial charge in [-0.1, -0.05) is 23.7 Å². The average Bonchev–Trinajstić information content (AvgIpc) is 2.71. The van der Waals surface area contributed by atoms with Crippen molar-refractivity contribution >= 4 is 17.4 Å². The van der Waals surface area contributed by atoms with E-state index in [9.17, 15) is 14.0 Å². The van der Waals surface area contributed by atoms with Crippen molar-refractivity contribution in [3.05, 3.63) is 51.7 Å². The number of aromatic nitrogens is 1. The van der Waals surface area contributed by atoms with E-state index in [0.29, 0.717) is 36.6 Å². The minimum Gasteiger partial charge on any atom is -0.488 e. The van der Waals surface area contributed by atoms with E-state index < -0.39 is 13.0 Å². The zero-order valence-electron chi connectivity index (χ0n) is 15.5. The molecule has 0 fully saturated rings. The Labute approximate surface area is 172 Å². The van der Waals surface area contributed by atoms with Crippen LogP contribution in [0.25, 0.3) is 0 Å². The molecule has 3 rings (SSSR count). The number of rotatable bonds is 7. The second-order valence-electron chi connectivity index (χ2n) is 6.51. The number of alkyl halides is 2. The SMILES string of the molecule is N#CCNc1nc(Cl)c(C#N)c2c1CCN(Cc1ccc(OCC(F)F)cc1)C2. The molecule has 29 heavy (non-hydrogen) atoms. The van der Waals surface area contributed by atoms with E-state index in [1.807, 2.05) is 18.2 Å². The standard InChI is InChI=1S/C20H18ClF2N5O/c21-19-16(9-25)17-11-28(8-5-15(17)20(27-19)26-7-6-24)10-13-1-3-14(4-2-13)29-12-18(22)23/h1-4,18H,5,7-8,10-12H2,(H,26,27). The van der Waals surface area contributed by atoms with E-state index in [2.05, 4.69) is 21.3 Å². The van der Waals surface area contributed by atoms with Crippen molar-refractivity contribution in [2.24, 2.45) is 0 Å². The summed E-state index contributed by atoms with van der Waals surface area (Å²) in [7, 11) is 0. The monoisotopic (exact) mass is 417 g/mol. The Hall–Kier alpha value is -2.94. The van der Waals surface area contributed by atoms with Crippen molar-refractivity contribution in [3.8, 4) is 17.9 Å². The Bertz CT molecular complexity index is 953. The predicted molar refractivity (Wildman–Crippen MR) is 104 cm³/mol. The van der Waals surface area contributed by atoms with Crippen molar-refractivity contribution in [2.75, 3.05) is 25.0 Å². The first-order valence-corrected chi connectivity index (χ1v) is 9.34. The summed E-state index contributed by atoms with van der Waals surface area (Å²) < 4.78 is 29.5. The molecule has 0 unspecified atom stereocenters. The lowest BCUT2D eigenvalue weighted by atomic mass is 9.96. The molecule has 1 N–H and O–H groups in total. The molecule has 2 heterocycles. The molecular formula is C20H18ClF2N5O. The fourth-order valence-corrected chi connectivity index (χ4v) is 3.52. The van der Waals surface area contributed by atoms with Gasteiger partial charge in [0.25, 0.3) is 6.43 Å². The normalized spacial score (nSPS) is 13.4. The van der Waals surface area contributed by atoms with Crippen LogP contribution in [-0.4, -0.2) is 36.0 Å². The third-order valence-corrected chi connectivity index (χ3v) is 4.85. The Balaban J connectivity index is 1.74. The highest BCUT2D eigenvalue weighted by atomic mass is 35.5. The molecular weight excluding hydrogens is 400 g/mol. The van der Waals surface area contributed by atoms with Crippen molar-refractivity contribution in [3.63, 3.8) is 0 Å². The lowest BCUT2D eigenvalue weighted by Crippen LogP contribution is -2.31. The van der Waals surface area contributed by atoms with Gasteiger partial charge in [-0.3, -0.25) is 4.90 Å². The van der Waals surface area contributed by atoms with Gasteiger partial charge in [0.05, 0.1) is 11.6 Å². The molecule has 150 valence electrons. The maximum Gasteiger partial charge on any atom is 0.272 e. The van der Waals surface area contributed by atoms with Crippen LogP contribution >= 0.6 is 11.6 Å². The Kier molecular flexibility index (Phi) is 6.82. The van der Waals surface area contributed by atoms with E-state index in [1.165, 1.54) is 0 Å². The molecule has 1 aromatic carbocycles. The summed E-state index contributed by atoms with van der Waals surface area (Å²) in [6, 6.07) is 11.1. The molecule has 2 aromatic rings. The van der Waals surface area contributed by atoms with Crippen LogP contribution in [0.3, 0.4) is 0 Å². The maximum absolute atomic E-state index is 12.2. The molecule has 0 spiro atoms. The molecule has 0 radical (unpaired) electrons. The van der Waals surface area contributed by atoms with Crippen LogP contribution in [0.2, 0.25) is 5.15 Å². The molecule has 9 heteroatoms. The number of halogens is 3. The van der Waals surface area contributed by atoms with Gasteiger partial charge >= 0.3 is 0 Å². The minimum atomic E-state index is -2.51. The first-order valence-electron chi connectivity index (χ1n) is 8.96. The highest BCUT2D eigenvalue weighted by molar-refractivity contribution is 6.30. The fraction of sp³-hybridized carbons (Fsp3) is 0.350. The molecule has 0 amide bonds. The number of benzene rings is 1. The van der Waals surface area contributed by atoms with Crippen molar-refractivity contribution < 1.29 is 13.5 Å². The van der Waals surface area contributed by atoms with Crippen LogP contribution in [0.4, 0.5) is 14.6 Å². The summed E-state index contributed by atoms with van der Waals surface area (Å²) in [6.07, 6.45) is -1.84. The summed E-state index contributed by atoms with van der Waals surface area (Å²) in [5.74, 6) is 0.946. The molecule has 0 bridgehead atoms. The van der Waals surface area contributed by atoms with Crippen molar-refractivity contribution in [1.29, 1.82) is 10.5 Å². The summed E-state index contributed by atoms with van der Waals surface area (Å²) in [6.45, 7) is 1.36. The van der Waals surface area contributed by atoms with Gasteiger partial charge in [-0.25, -0.2) is 13.8 Å². The fourth-order valence-electron chi connectivity index (χ4n) is 3.28. The van der Waals surface area contributed by atoms with Gasteiger partial charge in [0.2, 0.25) is 0 Å². The number of hydrogen-bond acceptors (Lipinski definition) is 6. The third kappa shape index (κ3) is 5.11. The number of nitrogens with one attached hydrogen (secondary N) is 1. The Morgan fingerprint density at radius 1 is 1.24 bits per heavy atom. The summed E-state index contributed by atoms with van der Waals surface area (Å²) in [5.41, 5.74) is 3.08. The summed E-state index contributed by atoms with van der Waals surface area (Å²) >= 11 is 6.18. The van der Waals surface area contributed by atoms with Crippen LogP contribution in [-0.2, 0) is 19.5 Å². The van der Waals surface area contributed by atoms with Crippen LogP contribution in [0, 0.1) is 22.7 Å². The van der Waals surface area contributed by atoms with Gasteiger partial charge in [-0.05, 0) is 29.7 Å². The van der Waals surface area contributed by atoms with Crippen molar-refractivity contribution in [1.82, 2.24) is 9.88 Å². The Morgan fingerprint density at radius 3 is 2.66 bits per heavy atom. The zero-order valence-corrected chi connectivity index (χ0v) is 16.2. The van der Waals surface area contributed by atoms with Gasteiger partial charge in [0.1, 0.15) is 35.9 Å². The first-order chi connectivity index (χ1) is 14.0. The number of nitrogens with zero attached hydrogens (tertiary/aromatic N) is 4. The van der Waals surface area contributed by atoms with E-state index in [-0.39, 0.29) is 11.7 Å². The molecule has 0 aliphatic carbocycles. The lowest BCUT2D eigenvalue weighted by Gasteiger charge is -2.30. The second-order valence-corrected chi connectivity index (χ2v) is 6.87. The zero-order chi connectivity index (χ0) is 20.8. The van der Waals surface area contributed by atoms with Gasteiger partial charge < -0.3 is 10.1 Å². The molecule has 0 saturated heterocycles. The lowest BCUT2D eigenvalue weighted by molar-refractivity contribution is 0.0819. The van der Waals surface area contributed by atoms with E-state index >= 15 is 0 Å². The number of ether oxygens (including phenoxy) is 1. The Morgan fingerprint density at radius 2 is 2.00 bits per heavy atom. The first kappa shape index (κ1) is 20.8. The molecule has 1 aliphatic rings. The van der Waals surface area contributed by atoms with Crippen LogP contribution < -0.4 is 10.1 Å². The van der Waals surface area contributed by atoms with E-state index in [1.54, 1.807) is 12.1 Å². The molecule has 0 saturated carbocycles. The number of fused-ring (bicyclic) bond motifs is 1. The van der Waals surface area contributed by atoms with Crippen LogP contribution in [0.5, 0.6) is 5.75 Å². The smallest absolute Gasteiger partial charge is 0.272 e. The molecule has 0 atom stereocenters. The molecule has 6 nitrogen and oxygen atoms in total. The summed E-state index contributed by atoms with van der Waals surface area (Å²) in [5, 5.41) is 21.4. The number of nitriles is 2. The number of pyridine rings is 1. The predicted octanol–water partition coefficient (Wildman–Crippen LogP) is 3.74. The van der Waals surface area contributed by atoms with Crippen LogP contribution in [0.15, 0.2) is 24.3 Å². The third-order valence-electron chi connectivity index (χ3n) is 4.58. The quantitative estimate of drug-likeness (QED) is 0.545. The highest BCUT2D eigenvalue weighted by Crippen LogP contribution is 2.32. The largest absolute Gasteiger partial charge is 0.488 e. The topological polar surface area (TPSA) is 85.0 Å². The summed E-state index contributed by atoms with van der Waals surface area (Å²) in [4.78, 5) is 6.41. The van der Waals surface area contributed by atoms with Gasteiger partial charge in [0.15, 0.2) is 0 Å². The highest BCUT2D eigenvalue weighted by Gasteiger charge is 2.25. The van der Waals surface area contributed by atoms with E-state index in [4.69, 9.17) is 21.6 Å². The number of anilines is 1. The van der Waals surface area contributed by atoms with Gasteiger partial charge in [0, 0.05) is 25.2 Å². The van der Waals surface area contributed by atoms with Crippen LogP contribution in [0.1, 0.15) is 22.3 Å². The molecule has 1 aromatic heterocycles. The van der Waals surface area contributed by atoms with E-state index in [0.717, 1.165) is 23.2 Å². The second kappa shape index (κ2) is 9.51.